The van der Waals surface area contributed by atoms with Crippen molar-refractivity contribution < 1.29 is 4.74 Å². The maximum atomic E-state index is 5.46. The molecule has 6 heteroatoms. The number of nitrogens with zero attached hydrogens (tertiary/aromatic N) is 4. The van der Waals surface area contributed by atoms with Crippen LogP contribution in [0.25, 0.3) is 5.69 Å². The Kier molecular flexibility index (Phi) is 4.90. The van der Waals surface area contributed by atoms with E-state index in [9.17, 15) is 0 Å². The van der Waals surface area contributed by atoms with Gasteiger partial charge in [-0.1, -0.05) is 18.2 Å². The van der Waals surface area contributed by atoms with Gasteiger partial charge < -0.3 is 10.1 Å². The third-order valence-corrected chi connectivity index (χ3v) is 4.58. The molecule has 0 aliphatic heterocycles. The van der Waals surface area contributed by atoms with Crippen LogP contribution in [-0.2, 0) is 13.6 Å². The standard InChI is InChI=1S/C19H25N5O/c1-13(20-11-18-14(2)22-23(4)19(18)25-5)17-12-21-24(15(17)3)16-9-7-6-8-10-16/h6-10,12-13,20H,11H2,1-5H3. The molecule has 0 radical (unpaired) electrons. The van der Waals surface area contributed by atoms with E-state index >= 15 is 0 Å². The maximum Gasteiger partial charge on any atom is 0.216 e. The Labute approximate surface area is 148 Å². The zero-order chi connectivity index (χ0) is 18.0. The van der Waals surface area contributed by atoms with Crippen LogP contribution in [0.4, 0.5) is 0 Å². The molecule has 2 heterocycles. The molecule has 1 unspecified atom stereocenters. The Balaban J connectivity index is 1.77. The van der Waals surface area contributed by atoms with Gasteiger partial charge in [0.05, 0.1) is 30.3 Å². The van der Waals surface area contributed by atoms with Gasteiger partial charge in [-0.25, -0.2) is 9.36 Å². The molecule has 6 nitrogen and oxygen atoms in total. The Hall–Kier alpha value is -2.60. The molecule has 132 valence electrons. The minimum Gasteiger partial charge on any atom is -0.481 e. The van der Waals surface area contributed by atoms with Gasteiger partial charge in [-0.05, 0) is 32.9 Å². The van der Waals surface area contributed by atoms with Crippen LogP contribution in [-0.4, -0.2) is 26.7 Å². The summed E-state index contributed by atoms with van der Waals surface area (Å²) in [4.78, 5) is 0. The lowest BCUT2D eigenvalue weighted by Gasteiger charge is -2.14. The number of benzene rings is 1. The molecule has 1 N–H and O–H groups in total. The van der Waals surface area contributed by atoms with Crippen LogP contribution in [0.5, 0.6) is 5.88 Å². The number of rotatable bonds is 6. The average molecular weight is 339 g/mol. The fraction of sp³-hybridized carbons (Fsp3) is 0.368. The Morgan fingerprint density at radius 2 is 1.92 bits per heavy atom. The molecular formula is C19H25N5O. The molecule has 1 aromatic carbocycles. The first kappa shape index (κ1) is 17.2. The summed E-state index contributed by atoms with van der Waals surface area (Å²) < 4.78 is 9.21. The zero-order valence-corrected chi connectivity index (χ0v) is 15.4. The molecule has 0 amide bonds. The summed E-state index contributed by atoms with van der Waals surface area (Å²) >= 11 is 0. The molecule has 0 saturated heterocycles. The lowest BCUT2D eigenvalue weighted by atomic mass is 10.1. The predicted molar refractivity (Wildman–Crippen MR) is 98.1 cm³/mol. The van der Waals surface area contributed by atoms with E-state index in [0.29, 0.717) is 6.54 Å². The van der Waals surface area contributed by atoms with E-state index in [-0.39, 0.29) is 6.04 Å². The van der Waals surface area contributed by atoms with Gasteiger partial charge in [-0.2, -0.15) is 10.2 Å². The minimum absolute atomic E-state index is 0.168. The lowest BCUT2D eigenvalue weighted by molar-refractivity contribution is 0.367. The highest BCUT2D eigenvalue weighted by atomic mass is 16.5. The van der Waals surface area contributed by atoms with Crippen molar-refractivity contribution in [1.82, 2.24) is 24.9 Å². The SMILES string of the molecule is COc1c(CNC(C)c2cnn(-c3ccccc3)c2C)c(C)nn1C. The summed E-state index contributed by atoms with van der Waals surface area (Å²) in [5.74, 6) is 0.800. The van der Waals surface area contributed by atoms with Gasteiger partial charge in [0, 0.05) is 30.9 Å². The monoisotopic (exact) mass is 339 g/mol. The minimum atomic E-state index is 0.168. The molecular weight excluding hydrogens is 314 g/mol. The van der Waals surface area contributed by atoms with E-state index < -0.39 is 0 Å². The highest BCUT2D eigenvalue weighted by molar-refractivity contribution is 5.35. The highest BCUT2D eigenvalue weighted by Gasteiger charge is 2.17. The molecule has 3 aromatic rings. The molecule has 25 heavy (non-hydrogen) atoms. The molecule has 0 saturated carbocycles. The van der Waals surface area contributed by atoms with Gasteiger partial charge in [0.25, 0.3) is 0 Å². The maximum absolute atomic E-state index is 5.46. The fourth-order valence-corrected chi connectivity index (χ4v) is 3.18. The Morgan fingerprint density at radius 3 is 2.60 bits per heavy atom. The summed E-state index contributed by atoms with van der Waals surface area (Å²) in [6.45, 7) is 6.95. The molecule has 0 spiro atoms. The average Bonchev–Trinajstić information content (AvgIpc) is 3.12. The van der Waals surface area contributed by atoms with Crippen LogP contribution in [0.2, 0.25) is 0 Å². The van der Waals surface area contributed by atoms with Gasteiger partial charge in [-0.3, -0.25) is 0 Å². The number of ether oxygens (including phenoxy) is 1. The van der Waals surface area contributed by atoms with Crippen molar-refractivity contribution in [2.75, 3.05) is 7.11 Å². The third kappa shape index (κ3) is 3.30. The lowest BCUT2D eigenvalue weighted by Crippen LogP contribution is -2.19. The van der Waals surface area contributed by atoms with Crippen molar-refractivity contribution >= 4 is 0 Å². The van der Waals surface area contributed by atoms with Gasteiger partial charge >= 0.3 is 0 Å². The normalized spacial score (nSPS) is 12.4. The predicted octanol–water partition coefficient (Wildman–Crippen LogP) is 3.08. The van der Waals surface area contributed by atoms with Crippen LogP contribution >= 0.6 is 0 Å². The molecule has 1 atom stereocenters. The topological polar surface area (TPSA) is 56.9 Å². The van der Waals surface area contributed by atoms with Crippen molar-refractivity contribution in [3.8, 4) is 11.6 Å². The number of hydrogen-bond acceptors (Lipinski definition) is 4. The van der Waals surface area contributed by atoms with Gasteiger partial charge in [0.2, 0.25) is 5.88 Å². The van der Waals surface area contributed by atoms with E-state index in [1.165, 1.54) is 5.56 Å². The molecule has 2 aromatic heterocycles. The smallest absolute Gasteiger partial charge is 0.216 e. The highest BCUT2D eigenvalue weighted by Crippen LogP contribution is 2.24. The van der Waals surface area contributed by atoms with E-state index in [0.717, 1.165) is 28.5 Å². The number of hydrogen-bond donors (Lipinski definition) is 1. The number of methoxy groups -OCH3 is 1. The molecule has 0 aliphatic carbocycles. The van der Waals surface area contributed by atoms with E-state index in [2.05, 4.69) is 41.5 Å². The van der Waals surface area contributed by atoms with Crippen LogP contribution in [0.1, 0.15) is 35.5 Å². The first-order valence-corrected chi connectivity index (χ1v) is 8.42. The first-order valence-electron chi connectivity index (χ1n) is 8.42. The number of aryl methyl sites for hydroxylation is 2. The number of para-hydroxylation sites is 1. The summed E-state index contributed by atoms with van der Waals surface area (Å²) in [6, 6.07) is 10.3. The summed E-state index contributed by atoms with van der Waals surface area (Å²) in [5.41, 5.74) is 5.47. The van der Waals surface area contributed by atoms with Crippen molar-refractivity contribution in [3.63, 3.8) is 0 Å². The van der Waals surface area contributed by atoms with Crippen molar-refractivity contribution in [3.05, 3.63) is 59.0 Å². The summed E-state index contributed by atoms with van der Waals surface area (Å²) in [6.07, 6.45) is 1.94. The zero-order valence-electron chi connectivity index (χ0n) is 15.4. The van der Waals surface area contributed by atoms with Gasteiger partial charge in [-0.15, -0.1) is 0 Å². The Bertz CT molecular complexity index is 850. The van der Waals surface area contributed by atoms with E-state index in [1.807, 2.05) is 43.0 Å². The molecule has 0 fully saturated rings. The summed E-state index contributed by atoms with van der Waals surface area (Å²) in [7, 11) is 3.57. The second-order valence-electron chi connectivity index (χ2n) is 6.23. The quantitative estimate of drug-likeness (QED) is 0.750. The van der Waals surface area contributed by atoms with Gasteiger partial charge in [0.1, 0.15) is 0 Å². The van der Waals surface area contributed by atoms with Crippen LogP contribution in [0.3, 0.4) is 0 Å². The fourth-order valence-electron chi connectivity index (χ4n) is 3.18. The molecule has 0 bridgehead atoms. The van der Waals surface area contributed by atoms with Crippen LogP contribution in [0.15, 0.2) is 36.5 Å². The van der Waals surface area contributed by atoms with Crippen LogP contribution in [0, 0.1) is 13.8 Å². The van der Waals surface area contributed by atoms with Crippen molar-refractivity contribution in [1.29, 1.82) is 0 Å². The second-order valence-corrected chi connectivity index (χ2v) is 6.23. The second kappa shape index (κ2) is 7.11. The molecule has 0 aliphatic rings. The third-order valence-electron chi connectivity index (χ3n) is 4.58. The van der Waals surface area contributed by atoms with Crippen LogP contribution < -0.4 is 10.1 Å². The van der Waals surface area contributed by atoms with Crippen molar-refractivity contribution in [2.45, 2.75) is 33.4 Å². The Morgan fingerprint density at radius 1 is 1.20 bits per heavy atom. The molecule has 3 rings (SSSR count). The van der Waals surface area contributed by atoms with Gasteiger partial charge in [0.15, 0.2) is 0 Å². The van der Waals surface area contributed by atoms with E-state index in [4.69, 9.17) is 4.74 Å². The largest absolute Gasteiger partial charge is 0.481 e. The summed E-state index contributed by atoms with van der Waals surface area (Å²) in [5, 5.41) is 12.5. The first-order chi connectivity index (χ1) is 12.0. The van der Waals surface area contributed by atoms with Crippen molar-refractivity contribution in [2.24, 2.45) is 7.05 Å². The number of aromatic nitrogens is 4. The van der Waals surface area contributed by atoms with E-state index in [1.54, 1.807) is 11.8 Å². The number of nitrogens with one attached hydrogen (secondary N) is 1.